The second kappa shape index (κ2) is 5.94. The molecule has 0 atom stereocenters. The van der Waals surface area contributed by atoms with Crippen molar-refractivity contribution in [2.75, 3.05) is 0 Å². The molecule has 0 saturated heterocycles. The van der Waals surface area contributed by atoms with Gasteiger partial charge in [-0.1, -0.05) is 37.5 Å². The Morgan fingerprint density at radius 2 is 1.81 bits per heavy atom. The Hall–Kier alpha value is -0.960. The molecule has 1 amide bonds. The van der Waals surface area contributed by atoms with E-state index < -0.39 is 0 Å². The van der Waals surface area contributed by atoms with Gasteiger partial charge in [-0.25, -0.2) is 0 Å². The number of carbonyl (C=O) groups excluding carboxylic acids is 1. The summed E-state index contributed by atoms with van der Waals surface area (Å²) < 4.78 is 2.95. The van der Waals surface area contributed by atoms with Gasteiger partial charge in [0.05, 0.1) is 0 Å². The molecule has 0 aromatic heterocycles. The number of hydrogen-bond acceptors (Lipinski definition) is 2. The summed E-state index contributed by atoms with van der Waals surface area (Å²) >= 11 is 1.42. The minimum Gasteiger partial charge on any atom is -0.296 e. The Kier molecular flexibility index (Phi) is 4.28. The molecule has 86 valence electrons. The van der Waals surface area contributed by atoms with Crippen LogP contribution in [0.25, 0.3) is 0 Å². The maximum Gasteiger partial charge on any atom is 0.233 e. The molecule has 0 bridgehead atoms. The molecule has 2 nitrogen and oxygen atoms in total. The third-order valence-corrected chi connectivity index (χ3v) is 3.80. The summed E-state index contributed by atoms with van der Waals surface area (Å²) in [6.45, 7) is 0. The molecule has 3 heteroatoms. The average Bonchev–Trinajstić information content (AvgIpc) is 2.38. The first-order chi connectivity index (χ1) is 7.86. The molecule has 0 radical (unpaired) electrons. The number of carbonyl (C=O) groups is 1. The Balaban J connectivity index is 1.79. The van der Waals surface area contributed by atoms with Crippen molar-refractivity contribution < 1.29 is 4.79 Å². The van der Waals surface area contributed by atoms with E-state index in [9.17, 15) is 4.79 Å². The van der Waals surface area contributed by atoms with Crippen LogP contribution in [0.4, 0.5) is 0 Å². The highest BCUT2D eigenvalue weighted by Gasteiger charge is 2.20. The zero-order valence-corrected chi connectivity index (χ0v) is 10.1. The van der Waals surface area contributed by atoms with Gasteiger partial charge in [0, 0.05) is 10.8 Å². The molecule has 0 spiro atoms. The SMILES string of the molecule is O=C(NSc1ccccc1)C1CCCCC1. The number of amides is 1. The van der Waals surface area contributed by atoms with E-state index in [1.54, 1.807) is 0 Å². The molecule has 1 saturated carbocycles. The molecule has 1 aliphatic carbocycles. The van der Waals surface area contributed by atoms with Crippen molar-refractivity contribution >= 4 is 17.9 Å². The summed E-state index contributed by atoms with van der Waals surface area (Å²) in [4.78, 5) is 12.9. The summed E-state index contributed by atoms with van der Waals surface area (Å²) in [7, 11) is 0. The maximum absolute atomic E-state index is 11.8. The average molecular weight is 235 g/mol. The van der Waals surface area contributed by atoms with Crippen molar-refractivity contribution in [3.05, 3.63) is 30.3 Å². The monoisotopic (exact) mass is 235 g/mol. The van der Waals surface area contributed by atoms with E-state index in [2.05, 4.69) is 4.72 Å². The second-order valence-corrected chi connectivity index (χ2v) is 5.10. The lowest BCUT2D eigenvalue weighted by molar-refractivity contribution is -0.123. The summed E-state index contributed by atoms with van der Waals surface area (Å²) in [6, 6.07) is 9.95. The van der Waals surface area contributed by atoms with Crippen LogP contribution in [-0.4, -0.2) is 5.91 Å². The number of benzene rings is 1. The highest BCUT2D eigenvalue weighted by molar-refractivity contribution is 7.98. The first-order valence-corrected chi connectivity index (χ1v) is 6.69. The predicted octanol–water partition coefficient (Wildman–Crippen LogP) is 3.39. The van der Waals surface area contributed by atoms with Gasteiger partial charge in [-0.2, -0.15) is 0 Å². The van der Waals surface area contributed by atoms with Crippen molar-refractivity contribution in [2.45, 2.75) is 37.0 Å². The van der Waals surface area contributed by atoms with E-state index in [4.69, 9.17) is 0 Å². The quantitative estimate of drug-likeness (QED) is 0.814. The fraction of sp³-hybridized carbons (Fsp3) is 0.462. The van der Waals surface area contributed by atoms with Crippen LogP contribution in [0.2, 0.25) is 0 Å². The Morgan fingerprint density at radius 1 is 1.12 bits per heavy atom. The molecule has 1 N–H and O–H groups in total. The highest BCUT2D eigenvalue weighted by Crippen LogP contribution is 2.25. The van der Waals surface area contributed by atoms with E-state index in [0.29, 0.717) is 0 Å². The molecule has 1 aliphatic rings. The van der Waals surface area contributed by atoms with Gasteiger partial charge in [-0.15, -0.1) is 0 Å². The Bertz CT molecular complexity index is 333. The van der Waals surface area contributed by atoms with Gasteiger partial charge < -0.3 is 0 Å². The van der Waals surface area contributed by atoms with Gasteiger partial charge in [-0.3, -0.25) is 9.52 Å². The van der Waals surface area contributed by atoms with E-state index in [-0.39, 0.29) is 11.8 Å². The van der Waals surface area contributed by atoms with Crippen LogP contribution in [-0.2, 0) is 4.79 Å². The van der Waals surface area contributed by atoms with Crippen molar-refractivity contribution in [1.29, 1.82) is 0 Å². The summed E-state index contributed by atoms with van der Waals surface area (Å²) in [5.41, 5.74) is 0. The van der Waals surface area contributed by atoms with E-state index in [1.807, 2.05) is 30.3 Å². The molecule has 0 aliphatic heterocycles. The molecule has 1 fully saturated rings. The van der Waals surface area contributed by atoms with Crippen LogP contribution < -0.4 is 4.72 Å². The van der Waals surface area contributed by atoms with E-state index in [1.165, 1.54) is 31.2 Å². The number of rotatable bonds is 3. The number of nitrogens with one attached hydrogen (secondary N) is 1. The molecule has 1 aromatic rings. The van der Waals surface area contributed by atoms with Gasteiger partial charge in [0.2, 0.25) is 5.91 Å². The normalized spacial score (nSPS) is 17.0. The fourth-order valence-electron chi connectivity index (χ4n) is 2.05. The minimum atomic E-state index is 0.202. The standard InChI is InChI=1S/C13H17NOS/c15-13(11-7-3-1-4-8-11)14-16-12-9-5-2-6-10-12/h2,5-6,9-11H,1,3-4,7-8H2,(H,14,15). The second-order valence-electron chi connectivity index (χ2n) is 4.22. The highest BCUT2D eigenvalue weighted by atomic mass is 32.2. The minimum absolute atomic E-state index is 0.202. The van der Waals surface area contributed by atoms with Gasteiger partial charge >= 0.3 is 0 Å². The fourth-order valence-corrected chi connectivity index (χ4v) is 2.72. The summed E-state index contributed by atoms with van der Waals surface area (Å²) in [5, 5.41) is 0. The zero-order chi connectivity index (χ0) is 11.2. The number of hydrogen-bond donors (Lipinski definition) is 1. The molecule has 0 unspecified atom stereocenters. The smallest absolute Gasteiger partial charge is 0.233 e. The van der Waals surface area contributed by atoms with Crippen LogP contribution in [0.5, 0.6) is 0 Å². The lowest BCUT2D eigenvalue weighted by Gasteiger charge is -2.20. The van der Waals surface area contributed by atoms with Crippen LogP contribution in [0.15, 0.2) is 35.2 Å². The van der Waals surface area contributed by atoms with Crippen molar-refractivity contribution in [1.82, 2.24) is 4.72 Å². The van der Waals surface area contributed by atoms with E-state index >= 15 is 0 Å². The topological polar surface area (TPSA) is 29.1 Å². The first-order valence-electron chi connectivity index (χ1n) is 5.88. The van der Waals surface area contributed by atoms with Gasteiger partial charge in [0.25, 0.3) is 0 Å². The van der Waals surface area contributed by atoms with Gasteiger partial charge in [0.1, 0.15) is 0 Å². The van der Waals surface area contributed by atoms with Crippen molar-refractivity contribution in [3.63, 3.8) is 0 Å². The largest absolute Gasteiger partial charge is 0.296 e. The zero-order valence-electron chi connectivity index (χ0n) is 9.32. The molecule has 1 aromatic carbocycles. The lowest BCUT2D eigenvalue weighted by atomic mass is 9.89. The van der Waals surface area contributed by atoms with Crippen molar-refractivity contribution in [3.8, 4) is 0 Å². The Labute approximate surface area is 101 Å². The van der Waals surface area contributed by atoms with Crippen LogP contribution in [0.3, 0.4) is 0 Å². The third-order valence-electron chi connectivity index (χ3n) is 2.99. The lowest BCUT2D eigenvalue weighted by Crippen LogP contribution is -2.27. The van der Waals surface area contributed by atoms with Crippen LogP contribution in [0, 0.1) is 5.92 Å². The van der Waals surface area contributed by atoms with Gasteiger partial charge in [0.15, 0.2) is 0 Å². The maximum atomic E-state index is 11.8. The first kappa shape index (κ1) is 11.5. The van der Waals surface area contributed by atoms with E-state index in [0.717, 1.165) is 17.7 Å². The van der Waals surface area contributed by atoms with Crippen molar-refractivity contribution in [2.24, 2.45) is 5.92 Å². The predicted molar refractivity (Wildman–Crippen MR) is 67.0 cm³/mol. The summed E-state index contributed by atoms with van der Waals surface area (Å²) in [5.74, 6) is 0.443. The molecular weight excluding hydrogens is 218 g/mol. The molecule has 2 rings (SSSR count). The molecule has 0 heterocycles. The summed E-state index contributed by atoms with van der Waals surface area (Å²) in [6.07, 6.45) is 5.81. The van der Waals surface area contributed by atoms with Crippen LogP contribution >= 0.6 is 11.9 Å². The molecule has 16 heavy (non-hydrogen) atoms. The molecular formula is C13H17NOS. The third kappa shape index (κ3) is 3.27. The van der Waals surface area contributed by atoms with Gasteiger partial charge in [-0.05, 0) is 36.9 Å². The van der Waals surface area contributed by atoms with Crippen LogP contribution in [0.1, 0.15) is 32.1 Å². The Morgan fingerprint density at radius 3 is 2.50 bits per heavy atom.